The molecule has 0 saturated carbocycles. The van der Waals surface area contributed by atoms with E-state index in [9.17, 15) is 0 Å². The van der Waals surface area contributed by atoms with Crippen LogP contribution in [0.3, 0.4) is 0 Å². The summed E-state index contributed by atoms with van der Waals surface area (Å²) in [6, 6.07) is 26.6. The quantitative estimate of drug-likeness (QED) is 0.557. The predicted octanol–water partition coefficient (Wildman–Crippen LogP) is 4.97. The number of imidazole rings is 1. The fourth-order valence-corrected chi connectivity index (χ4v) is 2.60. The number of hydrogen-bond donors (Lipinski definition) is 2. The molecule has 0 aliphatic carbocycles. The molecule has 106 valence electrons. The minimum absolute atomic E-state index is 0.754. The van der Waals surface area contributed by atoms with Crippen molar-refractivity contribution in [3.05, 3.63) is 78.9 Å². The lowest BCUT2D eigenvalue weighted by Gasteiger charge is -2.10. The molecule has 0 fully saturated rings. The van der Waals surface area contributed by atoms with Gasteiger partial charge < -0.3 is 10.3 Å². The van der Waals surface area contributed by atoms with E-state index in [-0.39, 0.29) is 0 Å². The third-order valence-corrected chi connectivity index (χ3v) is 3.65. The first-order valence-electron chi connectivity index (χ1n) is 7.26. The Morgan fingerprint density at radius 3 is 2.32 bits per heavy atom. The highest BCUT2D eigenvalue weighted by molar-refractivity contribution is 5.82. The van der Waals surface area contributed by atoms with Gasteiger partial charge in [-0.05, 0) is 23.8 Å². The Balaban J connectivity index is 1.74. The van der Waals surface area contributed by atoms with Gasteiger partial charge in [0.1, 0.15) is 0 Å². The molecule has 1 aromatic heterocycles. The summed E-state index contributed by atoms with van der Waals surface area (Å²) >= 11 is 0. The van der Waals surface area contributed by atoms with Gasteiger partial charge in [0.2, 0.25) is 5.95 Å². The van der Waals surface area contributed by atoms with E-state index in [0.717, 1.165) is 28.2 Å². The summed E-state index contributed by atoms with van der Waals surface area (Å²) in [4.78, 5) is 7.88. The highest BCUT2D eigenvalue weighted by Crippen LogP contribution is 2.29. The summed E-state index contributed by atoms with van der Waals surface area (Å²) in [5.41, 5.74) is 5.36. The smallest absolute Gasteiger partial charge is 0.205 e. The van der Waals surface area contributed by atoms with Crippen molar-refractivity contribution in [3.63, 3.8) is 0 Å². The molecule has 0 bridgehead atoms. The molecular formula is C19H15N3. The lowest BCUT2D eigenvalue weighted by Crippen LogP contribution is -1.94. The van der Waals surface area contributed by atoms with Crippen LogP contribution in [0.25, 0.3) is 22.2 Å². The number of benzene rings is 3. The maximum atomic E-state index is 4.58. The van der Waals surface area contributed by atoms with Gasteiger partial charge in [-0.25, -0.2) is 4.98 Å². The van der Waals surface area contributed by atoms with Crippen LogP contribution in [0.2, 0.25) is 0 Å². The van der Waals surface area contributed by atoms with Crippen molar-refractivity contribution in [2.24, 2.45) is 0 Å². The lowest BCUT2D eigenvalue weighted by molar-refractivity contribution is 1.31. The van der Waals surface area contributed by atoms with E-state index in [1.807, 2.05) is 54.6 Å². The van der Waals surface area contributed by atoms with Gasteiger partial charge in [0.15, 0.2) is 0 Å². The minimum atomic E-state index is 0.754. The van der Waals surface area contributed by atoms with Crippen LogP contribution in [0.15, 0.2) is 78.9 Å². The van der Waals surface area contributed by atoms with Crippen molar-refractivity contribution in [3.8, 4) is 11.1 Å². The van der Waals surface area contributed by atoms with Gasteiger partial charge in [0, 0.05) is 11.3 Å². The molecule has 0 spiro atoms. The lowest BCUT2D eigenvalue weighted by atomic mass is 10.0. The molecule has 22 heavy (non-hydrogen) atoms. The van der Waals surface area contributed by atoms with Crippen molar-refractivity contribution >= 4 is 22.7 Å². The molecule has 3 aromatic carbocycles. The predicted molar refractivity (Wildman–Crippen MR) is 91.3 cm³/mol. The third kappa shape index (κ3) is 2.33. The Morgan fingerprint density at radius 2 is 1.45 bits per heavy atom. The zero-order chi connectivity index (χ0) is 14.8. The number of aromatic nitrogens is 2. The van der Waals surface area contributed by atoms with Crippen molar-refractivity contribution in [2.75, 3.05) is 5.32 Å². The number of hydrogen-bond acceptors (Lipinski definition) is 2. The normalized spacial score (nSPS) is 10.7. The van der Waals surface area contributed by atoms with Gasteiger partial charge in [-0.2, -0.15) is 0 Å². The summed E-state index contributed by atoms with van der Waals surface area (Å²) in [5.74, 6) is 0.754. The van der Waals surface area contributed by atoms with E-state index < -0.39 is 0 Å². The molecule has 3 heteroatoms. The van der Waals surface area contributed by atoms with Crippen LogP contribution >= 0.6 is 0 Å². The molecule has 0 aliphatic rings. The Morgan fingerprint density at radius 1 is 0.727 bits per heavy atom. The molecule has 2 N–H and O–H groups in total. The Bertz CT molecular complexity index is 877. The van der Waals surface area contributed by atoms with E-state index in [1.54, 1.807) is 0 Å². The molecule has 0 unspecified atom stereocenters. The van der Waals surface area contributed by atoms with Crippen LogP contribution in [0.1, 0.15) is 0 Å². The van der Waals surface area contributed by atoms with Crippen LogP contribution in [-0.2, 0) is 0 Å². The Kier molecular flexibility index (Phi) is 3.09. The average Bonchev–Trinajstić information content (AvgIpc) is 2.98. The van der Waals surface area contributed by atoms with Gasteiger partial charge in [-0.3, -0.25) is 0 Å². The molecule has 0 aliphatic heterocycles. The Hall–Kier alpha value is -3.07. The van der Waals surface area contributed by atoms with E-state index in [2.05, 4.69) is 39.6 Å². The van der Waals surface area contributed by atoms with E-state index >= 15 is 0 Å². The highest BCUT2D eigenvalue weighted by atomic mass is 15.1. The standard InChI is InChI=1S/C19H15N3/c1-2-8-14(9-3-1)15-10-4-5-11-16(15)20-19-21-17-12-6-7-13-18(17)22-19/h1-13H,(H2,20,21,22). The minimum Gasteiger partial charge on any atom is -0.325 e. The van der Waals surface area contributed by atoms with Crippen LogP contribution in [0.4, 0.5) is 11.6 Å². The maximum Gasteiger partial charge on any atom is 0.205 e. The summed E-state index contributed by atoms with van der Waals surface area (Å²) in [7, 11) is 0. The number of anilines is 2. The third-order valence-electron chi connectivity index (χ3n) is 3.65. The average molecular weight is 285 g/mol. The number of aromatic amines is 1. The summed E-state index contributed by atoms with van der Waals surface area (Å²) in [6.45, 7) is 0. The van der Waals surface area contributed by atoms with Crippen LogP contribution in [0, 0.1) is 0 Å². The first-order valence-corrected chi connectivity index (χ1v) is 7.26. The molecule has 0 atom stereocenters. The van der Waals surface area contributed by atoms with E-state index in [0.29, 0.717) is 0 Å². The maximum absolute atomic E-state index is 4.58. The molecular weight excluding hydrogens is 270 g/mol. The summed E-state index contributed by atoms with van der Waals surface area (Å²) in [5, 5.41) is 3.39. The molecule has 4 aromatic rings. The SMILES string of the molecule is c1ccc(-c2ccccc2Nc2nc3ccccc3[nH]2)cc1. The second-order valence-corrected chi connectivity index (χ2v) is 5.14. The first kappa shape index (κ1) is 12.7. The largest absolute Gasteiger partial charge is 0.325 e. The summed E-state index contributed by atoms with van der Waals surface area (Å²) < 4.78 is 0. The fraction of sp³-hybridized carbons (Fsp3) is 0. The monoisotopic (exact) mass is 285 g/mol. The molecule has 4 rings (SSSR count). The topological polar surface area (TPSA) is 40.7 Å². The first-order chi connectivity index (χ1) is 10.9. The van der Waals surface area contributed by atoms with Crippen molar-refractivity contribution in [1.29, 1.82) is 0 Å². The van der Waals surface area contributed by atoms with Gasteiger partial charge in [0.25, 0.3) is 0 Å². The number of rotatable bonds is 3. The second kappa shape index (κ2) is 5.37. The number of H-pyrrole nitrogens is 1. The van der Waals surface area contributed by atoms with E-state index in [4.69, 9.17) is 0 Å². The van der Waals surface area contributed by atoms with Crippen molar-refractivity contribution < 1.29 is 0 Å². The zero-order valence-electron chi connectivity index (χ0n) is 12.0. The number of fused-ring (bicyclic) bond motifs is 1. The number of nitrogens with one attached hydrogen (secondary N) is 2. The van der Waals surface area contributed by atoms with Gasteiger partial charge in [-0.1, -0.05) is 60.7 Å². The molecule has 3 nitrogen and oxygen atoms in total. The number of para-hydroxylation sites is 3. The van der Waals surface area contributed by atoms with Gasteiger partial charge >= 0.3 is 0 Å². The summed E-state index contributed by atoms with van der Waals surface area (Å²) in [6.07, 6.45) is 0. The zero-order valence-corrected chi connectivity index (χ0v) is 12.0. The van der Waals surface area contributed by atoms with Crippen LogP contribution in [-0.4, -0.2) is 9.97 Å². The highest BCUT2D eigenvalue weighted by Gasteiger charge is 2.07. The van der Waals surface area contributed by atoms with Crippen LogP contribution < -0.4 is 5.32 Å². The van der Waals surface area contributed by atoms with E-state index in [1.165, 1.54) is 5.56 Å². The van der Waals surface area contributed by atoms with Crippen molar-refractivity contribution in [2.45, 2.75) is 0 Å². The second-order valence-electron chi connectivity index (χ2n) is 5.14. The molecule has 0 amide bonds. The Labute approximate surface area is 128 Å². The van der Waals surface area contributed by atoms with Crippen LogP contribution in [0.5, 0.6) is 0 Å². The molecule has 0 radical (unpaired) electrons. The molecule has 1 heterocycles. The van der Waals surface area contributed by atoms with Crippen molar-refractivity contribution in [1.82, 2.24) is 9.97 Å². The van der Waals surface area contributed by atoms with Gasteiger partial charge in [0.05, 0.1) is 11.0 Å². The fourth-order valence-electron chi connectivity index (χ4n) is 2.60. The number of nitrogens with zero attached hydrogens (tertiary/aromatic N) is 1. The molecule has 0 saturated heterocycles. The van der Waals surface area contributed by atoms with Gasteiger partial charge in [-0.15, -0.1) is 0 Å².